The van der Waals surface area contributed by atoms with Gasteiger partial charge in [0.1, 0.15) is 0 Å². The third-order valence-corrected chi connectivity index (χ3v) is 1.63. The Morgan fingerprint density at radius 2 is 2.00 bits per heavy atom. The summed E-state index contributed by atoms with van der Waals surface area (Å²) in [5, 5.41) is 11.1. The second-order valence-corrected chi connectivity index (χ2v) is 4.58. The van der Waals surface area contributed by atoms with Crippen molar-refractivity contribution >= 4 is 11.7 Å². The lowest BCUT2D eigenvalue weighted by Crippen LogP contribution is -2.37. The van der Waals surface area contributed by atoms with Crippen LogP contribution in [0.5, 0.6) is 0 Å². The van der Waals surface area contributed by atoms with Crippen molar-refractivity contribution in [3.05, 3.63) is 0 Å². The molecule has 0 aliphatic carbocycles. The fourth-order valence-electron chi connectivity index (χ4n) is 0.951. The normalized spacial score (nSPS) is 12.7. The summed E-state index contributed by atoms with van der Waals surface area (Å²) < 4.78 is 0. The minimum atomic E-state index is -0.0452. The molecule has 1 amide bonds. The van der Waals surface area contributed by atoms with E-state index in [1.54, 1.807) is 7.05 Å². The van der Waals surface area contributed by atoms with E-state index in [4.69, 9.17) is 10.9 Å². The molecule has 0 rings (SSSR count). The van der Waals surface area contributed by atoms with Gasteiger partial charge < -0.3 is 15.8 Å². The second kappa shape index (κ2) is 4.83. The van der Waals surface area contributed by atoms with Gasteiger partial charge in [0.15, 0.2) is 5.84 Å². The lowest BCUT2D eigenvalue weighted by molar-refractivity contribution is -0.131. The van der Waals surface area contributed by atoms with Crippen LogP contribution in [-0.4, -0.2) is 35.4 Å². The van der Waals surface area contributed by atoms with E-state index >= 15 is 0 Å². The zero-order chi connectivity index (χ0) is 11.4. The van der Waals surface area contributed by atoms with E-state index in [1.807, 2.05) is 20.8 Å². The van der Waals surface area contributed by atoms with Crippen LogP contribution in [0.2, 0.25) is 0 Å². The van der Waals surface area contributed by atoms with E-state index in [9.17, 15) is 4.79 Å². The van der Waals surface area contributed by atoms with Gasteiger partial charge >= 0.3 is 0 Å². The molecule has 5 nitrogen and oxygen atoms in total. The van der Waals surface area contributed by atoms with Crippen molar-refractivity contribution in [2.75, 3.05) is 13.6 Å². The molecule has 0 atom stereocenters. The maximum atomic E-state index is 11.5. The van der Waals surface area contributed by atoms with Gasteiger partial charge in [0.2, 0.25) is 5.91 Å². The van der Waals surface area contributed by atoms with Gasteiger partial charge in [-0.15, -0.1) is 0 Å². The van der Waals surface area contributed by atoms with Crippen LogP contribution in [0.1, 0.15) is 27.2 Å². The molecule has 0 bridgehead atoms. The van der Waals surface area contributed by atoms with Crippen LogP contribution in [0.3, 0.4) is 0 Å². The van der Waals surface area contributed by atoms with Crippen molar-refractivity contribution in [3.8, 4) is 0 Å². The van der Waals surface area contributed by atoms with E-state index in [2.05, 4.69) is 5.16 Å². The summed E-state index contributed by atoms with van der Waals surface area (Å²) in [6.07, 6.45) is 0.447. The Kier molecular flexibility index (Phi) is 4.40. The maximum absolute atomic E-state index is 11.5. The SMILES string of the molecule is CN(CC(N)=NO)C(=O)CC(C)(C)C. The number of nitrogens with two attached hydrogens (primary N) is 1. The number of likely N-dealkylation sites (N-methyl/N-ethyl adjacent to an activating group) is 1. The molecule has 0 aliphatic heterocycles. The van der Waals surface area contributed by atoms with Gasteiger partial charge in [-0.2, -0.15) is 0 Å². The predicted molar refractivity (Wildman–Crippen MR) is 55.1 cm³/mol. The Bertz CT molecular complexity index is 231. The number of rotatable bonds is 3. The largest absolute Gasteiger partial charge is 0.409 e. The lowest BCUT2D eigenvalue weighted by atomic mass is 9.92. The van der Waals surface area contributed by atoms with Crippen molar-refractivity contribution < 1.29 is 10.0 Å². The Morgan fingerprint density at radius 1 is 1.50 bits per heavy atom. The Balaban J connectivity index is 4.14. The predicted octanol–water partition coefficient (Wildman–Crippen LogP) is 0.627. The van der Waals surface area contributed by atoms with Crippen LogP contribution < -0.4 is 5.73 Å². The summed E-state index contributed by atoms with van der Waals surface area (Å²) in [6, 6.07) is 0. The van der Waals surface area contributed by atoms with Crippen molar-refractivity contribution in [1.29, 1.82) is 0 Å². The summed E-state index contributed by atoms with van der Waals surface area (Å²) in [4.78, 5) is 13.0. The van der Waals surface area contributed by atoms with Crippen LogP contribution in [0.25, 0.3) is 0 Å². The molecule has 14 heavy (non-hydrogen) atoms. The topological polar surface area (TPSA) is 78.9 Å². The first-order valence-corrected chi connectivity index (χ1v) is 4.46. The van der Waals surface area contributed by atoms with Crippen LogP contribution in [-0.2, 0) is 4.79 Å². The summed E-state index contributed by atoms with van der Waals surface area (Å²) >= 11 is 0. The van der Waals surface area contributed by atoms with Crippen molar-refractivity contribution in [3.63, 3.8) is 0 Å². The smallest absolute Gasteiger partial charge is 0.223 e. The summed E-state index contributed by atoms with van der Waals surface area (Å²) in [5.74, 6) is 0.0267. The molecule has 0 heterocycles. The first-order valence-electron chi connectivity index (χ1n) is 4.46. The standard InChI is InChI=1S/C9H19N3O2/c1-9(2,3)5-8(13)12(4)6-7(10)11-14/h14H,5-6H2,1-4H3,(H2,10,11). The van der Waals surface area contributed by atoms with Gasteiger partial charge in [-0.1, -0.05) is 25.9 Å². The minimum absolute atomic E-state index is 0.0101. The summed E-state index contributed by atoms with van der Waals surface area (Å²) in [5.41, 5.74) is 5.24. The highest BCUT2D eigenvalue weighted by molar-refractivity contribution is 5.86. The Labute approximate surface area is 84.6 Å². The van der Waals surface area contributed by atoms with E-state index in [0.717, 1.165) is 0 Å². The number of hydrogen-bond donors (Lipinski definition) is 2. The van der Waals surface area contributed by atoms with Gasteiger partial charge in [0.05, 0.1) is 6.54 Å². The van der Waals surface area contributed by atoms with E-state index in [1.165, 1.54) is 4.90 Å². The molecule has 0 saturated carbocycles. The van der Waals surface area contributed by atoms with Crippen LogP contribution in [0.4, 0.5) is 0 Å². The third kappa shape index (κ3) is 5.40. The van der Waals surface area contributed by atoms with Gasteiger partial charge in [-0.25, -0.2) is 0 Å². The summed E-state index contributed by atoms with van der Waals surface area (Å²) in [7, 11) is 1.63. The molecule has 0 aliphatic rings. The molecule has 0 aromatic rings. The van der Waals surface area contributed by atoms with Crippen molar-refractivity contribution in [2.45, 2.75) is 27.2 Å². The number of nitrogens with zero attached hydrogens (tertiary/aromatic N) is 2. The first-order chi connectivity index (χ1) is 6.26. The Hall–Kier alpha value is -1.26. The number of carbonyl (C=O) groups excluding carboxylic acids is 1. The maximum Gasteiger partial charge on any atom is 0.223 e. The van der Waals surface area contributed by atoms with Crippen LogP contribution in [0, 0.1) is 5.41 Å². The van der Waals surface area contributed by atoms with Gasteiger partial charge in [0, 0.05) is 13.5 Å². The lowest BCUT2D eigenvalue weighted by Gasteiger charge is -2.22. The molecule has 0 radical (unpaired) electrons. The zero-order valence-electron chi connectivity index (χ0n) is 9.24. The molecular weight excluding hydrogens is 182 g/mol. The number of oxime groups is 1. The molecule has 3 N–H and O–H groups in total. The second-order valence-electron chi connectivity index (χ2n) is 4.58. The van der Waals surface area contributed by atoms with Crippen LogP contribution >= 0.6 is 0 Å². The van der Waals surface area contributed by atoms with E-state index < -0.39 is 0 Å². The molecule has 0 saturated heterocycles. The van der Waals surface area contributed by atoms with Gasteiger partial charge in [0.25, 0.3) is 0 Å². The molecule has 5 heteroatoms. The summed E-state index contributed by atoms with van der Waals surface area (Å²) in [6.45, 7) is 6.12. The third-order valence-electron chi connectivity index (χ3n) is 1.63. The molecule has 0 fully saturated rings. The molecular formula is C9H19N3O2. The number of hydrogen-bond acceptors (Lipinski definition) is 3. The zero-order valence-corrected chi connectivity index (χ0v) is 9.24. The minimum Gasteiger partial charge on any atom is -0.409 e. The van der Waals surface area contributed by atoms with Crippen LogP contribution in [0.15, 0.2) is 5.16 Å². The molecule has 0 aromatic heterocycles. The highest BCUT2D eigenvalue weighted by atomic mass is 16.4. The molecule has 0 aromatic carbocycles. The molecule has 82 valence electrons. The fraction of sp³-hybridized carbons (Fsp3) is 0.778. The quantitative estimate of drug-likeness (QED) is 0.304. The highest BCUT2D eigenvalue weighted by Gasteiger charge is 2.19. The van der Waals surface area contributed by atoms with Crippen molar-refractivity contribution in [1.82, 2.24) is 4.90 Å². The average Bonchev–Trinajstić information content (AvgIpc) is 2.00. The van der Waals surface area contributed by atoms with Crippen molar-refractivity contribution in [2.24, 2.45) is 16.3 Å². The number of amidine groups is 1. The Morgan fingerprint density at radius 3 is 2.36 bits per heavy atom. The fourth-order valence-corrected chi connectivity index (χ4v) is 0.951. The molecule has 0 unspecified atom stereocenters. The molecule has 0 spiro atoms. The van der Waals surface area contributed by atoms with Gasteiger partial charge in [-0.3, -0.25) is 4.79 Å². The number of amides is 1. The van der Waals surface area contributed by atoms with Gasteiger partial charge in [-0.05, 0) is 5.41 Å². The first kappa shape index (κ1) is 12.7. The number of carbonyl (C=O) groups is 1. The highest BCUT2D eigenvalue weighted by Crippen LogP contribution is 2.19. The van der Waals surface area contributed by atoms with E-state index in [0.29, 0.717) is 6.42 Å². The van der Waals surface area contributed by atoms with E-state index in [-0.39, 0.29) is 23.7 Å². The monoisotopic (exact) mass is 201 g/mol. The average molecular weight is 201 g/mol.